The van der Waals surface area contributed by atoms with Crippen LogP contribution in [0.15, 0.2) is 99.9 Å². The molecule has 3 aromatic carbocycles. The van der Waals surface area contributed by atoms with Gasteiger partial charge in [0.05, 0.1) is 30.7 Å². The third-order valence-corrected chi connectivity index (χ3v) is 8.99. The summed E-state index contributed by atoms with van der Waals surface area (Å²) in [6.07, 6.45) is 4.81. The SMILES string of the molecule is CCOc1ccc(/C=C2\CCC[C@@H]3C2=NN(C(=O)CN2N=N[C@@H]4C(=O)N(c5ccccc5)C(=O)[C@@H]42)[C@H]3c2ccc(OCC)cc2)cc1. The maximum absolute atomic E-state index is 14.2. The summed E-state index contributed by atoms with van der Waals surface area (Å²) in [4.78, 5) is 42.0. The lowest BCUT2D eigenvalue weighted by Crippen LogP contribution is -2.45. The first-order valence-corrected chi connectivity index (χ1v) is 16.1. The Labute approximate surface area is 273 Å². The van der Waals surface area contributed by atoms with Crippen molar-refractivity contribution in [2.75, 3.05) is 24.7 Å². The maximum Gasteiger partial charge on any atom is 0.264 e. The quantitative estimate of drug-likeness (QED) is 0.284. The van der Waals surface area contributed by atoms with Crippen molar-refractivity contribution in [3.8, 4) is 11.5 Å². The van der Waals surface area contributed by atoms with Crippen molar-refractivity contribution in [3.05, 3.63) is 95.6 Å². The van der Waals surface area contributed by atoms with E-state index in [2.05, 4.69) is 16.4 Å². The van der Waals surface area contributed by atoms with Crippen molar-refractivity contribution in [2.45, 2.75) is 51.2 Å². The number of nitrogens with zero attached hydrogens (tertiary/aromatic N) is 6. The number of hydrogen-bond donors (Lipinski definition) is 0. The minimum atomic E-state index is -0.992. The molecule has 4 aliphatic rings. The smallest absolute Gasteiger partial charge is 0.264 e. The zero-order valence-corrected chi connectivity index (χ0v) is 26.4. The van der Waals surface area contributed by atoms with E-state index in [0.717, 1.165) is 58.1 Å². The maximum atomic E-state index is 14.2. The molecule has 3 heterocycles. The number of amides is 3. The van der Waals surface area contributed by atoms with Crippen LogP contribution >= 0.6 is 0 Å². The van der Waals surface area contributed by atoms with Crippen LogP contribution in [0.2, 0.25) is 0 Å². The number of rotatable bonds is 9. The molecule has 3 aromatic rings. The predicted molar refractivity (Wildman–Crippen MR) is 176 cm³/mol. The van der Waals surface area contributed by atoms with Gasteiger partial charge in [0, 0.05) is 5.92 Å². The molecule has 240 valence electrons. The van der Waals surface area contributed by atoms with E-state index in [1.165, 1.54) is 5.01 Å². The molecule has 1 aliphatic carbocycles. The molecule has 2 fully saturated rings. The summed E-state index contributed by atoms with van der Waals surface area (Å²) in [6, 6.07) is 22.2. The van der Waals surface area contributed by atoms with E-state index in [-0.39, 0.29) is 24.4 Å². The summed E-state index contributed by atoms with van der Waals surface area (Å²) < 4.78 is 11.3. The molecule has 0 aromatic heterocycles. The van der Waals surface area contributed by atoms with Gasteiger partial charge in [-0.3, -0.25) is 19.4 Å². The topological polar surface area (TPSA) is 116 Å². The van der Waals surface area contributed by atoms with Crippen molar-refractivity contribution < 1.29 is 23.9 Å². The lowest BCUT2D eigenvalue weighted by Gasteiger charge is -2.30. The van der Waals surface area contributed by atoms with E-state index >= 15 is 0 Å². The van der Waals surface area contributed by atoms with Crippen LogP contribution in [0.4, 0.5) is 5.69 Å². The Morgan fingerprint density at radius 1 is 0.872 bits per heavy atom. The Kier molecular flexibility index (Phi) is 8.28. The second-order valence-corrected chi connectivity index (χ2v) is 11.9. The van der Waals surface area contributed by atoms with Gasteiger partial charge in [-0.05, 0) is 92.3 Å². The van der Waals surface area contributed by atoms with Gasteiger partial charge in [-0.15, -0.1) is 0 Å². The van der Waals surface area contributed by atoms with Crippen LogP contribution in [0.3, 0.4) is 0 Å². The number of allylic oxidation sites excluding steroid dienone is 1. The average Bonchev–Trinajstić information content (AvgIpc) is 3.76. The van der Waals surface area contributed by atoms with Crippen LogP contribution in [0, 0.1) is 5.92 Å². The summed E-state index contributed by atoms with van der Waals surface area (Å²) in [6.45, 7) is 4.80. The monoisotopic (exact) mass is 632 g/mol. The molecular weight excluding hydrogens is 596 g/mol. The van der Waals surface area contributed by atoms with Gasteiger partial charge in [-0.25, -0.2) is 9.91 Å². The third-order valence-electron chi connectivity index (χ3n) is 8.99. The van der Waals surface area contributed by atoms with E-state index in [4.69, 9.17) is 14.6 Å². The molecule has 4 atom stereocenters. The van der Waals surface area contributed by atoms with E-state index in [9.17, 15) is 14.4 Å². The van der Waals surface area contributed by atoms with E-state index in [1.54, 1.807) is 29.3 Å². The molecule has 0 bridgehead atoms. The Morgan fingerprint density at radius 2 is 1.55 bits per heavy atom. The molecule has 47 heavy (non-hydrogen) atoms. The second kappa shape index (κ2) is 12.8. The Morgan fingerprint density at radius 3 is 2.23 bits per heavy atom. The van der Waals surface area contributed by atoms with Crippen molar-refractivity contribution in [3.63, 3.8) is 0 Å². The normalized spacial score (nSPS) is 24.1. The Bertz CT molecular complexity index is 1750. The minimum absolute atomic E-state index is 0.0178. The number of fused-ring (bicyclic) bond motifs is 2. The van der Waals surface area contributed by atoms with E-state index in [0.29, 0.717) is 18.9 Å². The summed E-state index contributed by atoms with van der Waals surface area (Å²) in [7, 11) is 0. The highest BCUT2D eigenvalue weighted by Gasteiger charge is 2.55. The van der Waals surface area contributed by atoms with Gasteiger partial charge in [0.15, 0.2) is 12.1 Å². The molecule has 1 saturated heterocycles. The predicted octanol–water partition coefficient (Wildman–Crippen LogP) is 5.60. The molecule has 0 radical (unpaired) electrons. The molecule has 3 aliphatic heterocycles. The molecule has 11 nitrogen and oxygen atoms in total. The second-order valence-electron chi connectivity index (χ2n) is 11.9. The van der Waals surface area contributed by atoms with Gasteiger partial charge in [0.2, 0.25) is 0 Å². The highest BCUT2D eigenvalue weighted by molar-refractivity contribution is 6.25. The summed E-state index contributed by atoms with van der Waals surface area (Å²) in [5.41, 5.74) is 4.42. The minimum Gasteiger partial charge on any atom is -0.494 e. The Balaban J connectivity index is 1.18. The molecular formula is C36H36N6O5. The molecule has 11 heteroatoms. The molecule has 0 spiro atoms. The van der Waals surface area contributed by atoms with Gasteiger partial charge in [0.25, 0.3) is 17.7 Å². The molecule has 3 amide bonds. The standard InChI is InChI=1S/C36H36N6O5/c1-3-46-27-17-13-23(14-18-27)21-25-9-8-12-29-31(25)38-42(33(29)24-15-19-28(20-16-24)47-4-2)30(43)22-40-34-32(37-39-40)35(44)41(36(34)45)26-10-6-5-7-11-26/h5-7,10-11,13-21,29,32-34H,3-4,8-9,12,22H2,1-2H3/b25-21+/t29-,32+,33+,34-/m1/s1. The molecule has 0 N–H and O–H groups in total. The number of para-hydroxylation sites is 1. The fraction of sp³-hybridized carbons (Fsp3) is 0.333. The first-order chi connectivity index (χ1) is 23.0. The fourth-order valence-electron chi connectivity index (χ4n) is 6.89. The zero-order valence-electron chi connectivity index (χ0n) is 26.4. The average molecular weight is 633 g/mol. The van der Waals surface area contributed by atoms with Crippen LogP contribution in [0.25, 0.3) is 6.08 Å². The van der Waals surface area contributed by atoms with Crippen LogP contribution < -0.4 is 14.4 Å². The molecule has 0 unspecified atom stereocenters. The van der Waals surface area contributed by atoms with E-state index < -0.39 is 23.9 Å². The fourth-order valence-corrected chi connectivity index (χ4v) is 6.89. The van der Waals surface area contributed by atoms with Gasteiger partial charge < -0.3 is 9.47 Å². The summed E-state index contributed by atoms with van der Waals surface area (Å²) in [5.74, 6) is 0.323. The van der Waals surface area contributed by atoms with Crippen LogP contribution in [0.1, 0.15) is 50.3 Å². The van der Waals surface area contributed by atoms with Gasteiger partial charge >= 0.3 is 0 Å². The number of carbonyl (C=O) groups excluding carboxylic acids is 3. The highest BCUT2D eigenvalue weighted by Crippen LogP contribution is 2.45. The summed E-state index contributed by atoms with van der Waals surface area (Å²) >= 11 is 0. The van der Waals surface area contributed by atoms with Crippen LogP contribution in [-0.2, 0) is 14.4 Å². The lowest BCUT2D eigenvalue weighted by molar-refractivity contribution is -0.136. The number of imide groups is 1. The number of benzene rings is 3. The van der Waals surface area contributed by atoms with Crippen molar-refractivity contribution in [1.82, 2.24) is 10.0 Å². The Hall–Kier alpha value is -5.32. The summed E-state index contributed by atoms with van der Waals surface area (Å²) in [5, 5.41) is 16.1. The lowest BCUT2D eigenvalue weighted by atomic mass is 9.77. The number of anilines is 1. The first-order valence-electron chi connectivity index (χ1n) is 16.1. The number of hydrazone groups is 1. The van der Waals surface area contributed by atoms with E-state index in [1.807, 2.05) is 68.4 Å². The number of ether oxygens (including phenoxy) is 2. The van der Waals surface area contributed by atoms with Crippen molar-refractivity contribution >= 4 is 35.2 Å². The molecule has 7 rings (SSSR count). The largest absolute Gasteiger partial charge is 0.494 e. The van der Waals surface area contributed by atoms with Crippen molar-refractivity contribution in [1.29, 1.82) is 0 Å². The van der Waals surface area contributed by atoms with Gasteiger partial charge in [-0.1, -0.05) is 47.7 Å². The van der Waals surface area contributed by atoms with Crippen LogP contribution in [0.5, 0.6) is 11.5 Å². The third kappa shape index (κ3) is 5.66. The number of carbonyl (C=O) groups is 3. The van der Waals surface area contributed by atoms with Gasteiger partial charge in [0.1, 0.15) is 18.0 Å². The highest BCUT2D eigenvalue weighted by atomic mass is 16.5. The van der Waals surface area contributed by atoms with Crippen LogP contribution in [-0.4, -0.2) is 65.3 Å². The number of hydrogen-bond acceptors (Lipinski definition) is 9. The van der Waals surface area contributed by atoms with Crippen molar-refractivity contribution in [2.24, 2.45) is 21.4 Å². The zero-order chi connectivity index (χ0) is 32.5. The molecule has 1 saturated carbocycles. The first kappa shape index (κ1) is 30.3. The van der Waals surface area contributed by atoms with Gasteiger partial charge in [-0.2, -0.15) is 10.2 Å².